The summed E-state index contributed by atoms with van der Waals surface area (Å²) >= 11 is 0. The molecule has 0 aliphatic carbocycles. The molecule has 2 N–H and O–H groups in total. The minimum Gasteiger partial charge on any atom is -0.493 e. The van der Waals surface area contributed by atoms with Crippen molar-refractivity contribution >= 4 is 11.7 Å². The number of benzene rings is 1. The molecule has 0 aliphatic heterocycles. The molecule has 6 heteroatoms. The molecular formula is C20H26N2O4. The molecule has 0 saturated carbocycles. The number of ketones is 1. The van der Waals surface area contributed by atoms with Crippen LogP contribution in [-0.4, -0.2) is 30.4 Å². The van der Waals surface area contributed by atoms with Crippen molar-refractivity contribution in [1.82, 2.24) is 10.3 Å². The number of amides is 1. The number of nitrogens with one attached hydrogen (secondary N) is 2. The fourth-order valence-electron chi connectivity index (χ4n) is 2.42. The van der Waals surface area contributed by atoms with E-state index in [0.29, 0.717) is 35.3 Å². The second-order valence-corrected chi connectivity index (χ2v) is 6.67. The average Bonchev–Trinajstić information content (AvgIpc) is 3.10. The summed E-state index contributed by atoms with van der Waals surface area (Å²) in [5.74, 6) is 1.36. The topological polar surface area (TPSA) is 80.4 Å². The van der Waals surface area contributed by atoms with Crippen molar-refractivity contribution in [2.45, 2.75) is 33.7 Å². The Kier molecular flexibility index (Phi) is 6.44. The van der Waals surface area contributed by atoms with Crippen molar-refractivity contribution < 1.29 is 19.1 Å². The number of aromatic amines is 1. The molecule has 1 atom stereocenters. The lowest BCUT2D eigenvalue weighted by Crippen LogP contribution is -2.26. The molecule has 0 bridgehead atoms. The van der Waals surface area contributed by atoms with Gasteiger partial charge in [0.15, 0.2) is 17.3 Å². The molecule has 6 nitrogen and oxygen atoms in total. The Labute approximate surface area is 153 Å². The van der Waals surface area contributed by atoms with Crippen molar-refractivity contribution in [3.8, 4) is 11.5 Å². The molecule has 0 aliphatic rings. The van der Waals surface area contributed by atoms with E-state index in [-0.39, 0.29) is 17.7 Å². The maximum atomic E-state index is 12.4. The number of hydrogen-bond donors (Lipinski definition) is 2. The lowest BCUT2D eigenvalue weighted by Gasteiger charge is -2.17. The van der Waals surface area contributed by atoms with E-state index < -0.39 is 0 Å². The fraction of sp³-hybridized carbons (Fsp3) is 0.400. The first-order valence-corrected chi connectivity index (χ1v) is 8.62. The van der Waals surface area contributed by atoms with Gasteiger partial charge in [0.25, 0.3) is 5.91 Å². The number of ether oxygens (including phenoxy) is 2. The van der Waals surface area contributed by atoms with Gasteiger partial charge in [0.1, 0.15) is 5.69 Å². The van der Waals surface area contributed by atoms with E-state index in [0.717, 1.165) is 5.56 Å². The number of rotatable bonds is 8. The summed E-state index contributed by atoms with van der Waals surface area (Å²) in [6, 6.07) is 6.92. The minimum atomic E-state index is -0.274. The second kappa shape index (κ2) is 8.56. The number of carbonyl (C=O) groups is 2. The van der Waals surface area contributed by atoms with Crippen LogP contribution in [0.4, 0.5) is 0 Å². The van der Waals surface area contributed by atoms with Crippen molar-refractivity contribution in [2.24, 2.45) is 5.92 Å². The number of Topliss-reactive ketones (excluding diaryl/α,β-unsaturated/α-hetero) is 1. The van der Waals surface area contributed by atoms with Gasteiger partial charge in [-0.05, 0) is 43.5 Å². The highest BCUT2D eigenvalue weighted by atomic mass is 16.5. The Morgan fingerprint density at radius 2 is 1.88 bits per heavy atom. The Balaban J connectivity index is 2.09. The molecular weight excluding hydrogens is 332 g/mol. The molecule has 1 heterocycles. The van der Waals surface area contributed by atoms with Gasteiger partial charge in [-0.15, -0.1) is 0 Å². The molecule has 1 unspecified atom stereocenters. The predicted molar refractivity (Wildman–Crippen MR) is 100 cm³/mol. The van der Waals surface area contributed by atoms with Crippen molar-refractivity contribution in [2.75, 3.05) is 13.7 Å². The maximum Gasteiger partial charge on any atom is 0.268 e. The SMILES string of the molecule is COc1cc(C(C)NC(=O)c2cc(C(C)=O)c[nH]2)ccc1OCC(C)C. The summed E-state index contributed by atoms with van der Waals surface area (Å²) in [7, 11) is 1.59. The van der Waals surface area contributed by atoms with E-state index in [4.69, 9.17) is 9.47 Å². The molecule has 0 fully saturated rings. The maximum absolute atomic E-state index is 12.4. The number of hydrogen-bond acceptors (Lipinski definition) is 4. The van der Waals surface area contributed by atoms with Gasteiger partial charge in [-0.2, -0.15) is 0 Å². The van der Waals surface area contributed by atoms with E-state index in [1.807, 2.05) is 25.1 Å². The third kappa shape index (κ3) is 4.88. The average molecular weight is 358 g/mol. The normalized spacial score (nSPS) is 11.9. The van der Waals surface area contributed by atoms with E-state index >= 15 is 0 Å². The molecule has 140 valence electrons. The van der Waals surface area contributed by atoms with Crippen molar-refractivity contribution in [1.29, 1.82) is 0 Å². The highest BCUT2D eigenvalue weighted by molar-refractivity contribution is 5.99. The fourth-order valence-corrected chi connectivity index (χ4v) is 2.42. The molecule has 0 radical (unpaired) electrons. The van der Waals surface area contributed by atoms with Crippen LogP contribution >= 0.6 is 0 Å². The van der Waals surface area contributed by atoms with Gasteiger partial charge in [0.2, 0.25) is 0 Å². The van der Waals surface area contributed by atoms with Crippen molar-refractivity contribution in [3.05, 3.63) is 47.3 Å². The van der Waals surface area contributed by atoms with Crippen LogP contribution in [0.15, 0.2) is 30.5 Å². The summed E-state index contributed by atoms with van der Waals surface area (Å²) in [6.45, 7) is 8.11. The van der Waals surface area contributed by atoms with Gasteiger partial charge in [0, 0.05) is 11.8 Å². The van der Waals surface area contributed by atoms with Crippen LogP contribution in [0.2, 0.25) is 0 Å². The summed E-state index contributed by atoms with van der Waals surface area (Å²) in [5, 5.41) is 2.91. The van der Waals surface area contributed by atoms with Gasteiger partial charge in [-0.3, -0.25) is 9.59 Å². The Hall–Kier alpha value is -2.76. The molecule has 2 aromatic rings. The third-order valence-electron chi connectivity index (χ3n) is 3.94. The first kappa shape index (κ1) is 19.6. The smallest absolute Gasteiger partial charge is 0.268 e. The van der Waals surface area contributed by atoms with Crippen LogP contribution in [-0.2, 0) is 0 Å². The standard InChI is InChI=1S/C20H26N2O4/c1-12(2)11-26-18-7-6-15(9-19(18)25-5)13(3)22-20(24)17-8-16(10-21-17)14(4)23/h6-10,12-13,21H,11H2,1-5H3,(H,22,24). The summed E-state index contributed by atoms with van der Waals surface area (Å²) in [6.07, 6.45) is 1.53. The lowest BCUT2D eigenvalue weighted by molar-refractivity contribution is 0.0935. The minimum absolute atomic E-state index is 0.0879. The highest BCUT2D eigenvalue weighted by Crippen LogP contribution is 2.30. The monoisotopic (exact) mass is 358 g/mol. The molecule has 1 aromatic heterocycles. The molecule has 0 saturated heterocycles. The zero-order valence-corrected chi connectivity index (χ0v) is 15.9. The van der Waals surface area contributed by atoms with Crippen molar-refractivity contribution in [3.63, 3.8) is 0 Å². The predicted octanol–water partition coefficient (Wildman–Crippen LogP) is 3.75. The number of aromatic nitrogens is 1. The van der Waals surface area contributed by atoms with Gasteiger partial charge >= 0.3 is 0 Å². The quantitative estimate of drug-likeness (QED) is 0.704. The van der Waals surface area contributed by atoms with E-state index in [1.165, 1.54) is 13.1 Å². The van der Waals surface area contributed by atoms with Crippen LogP contribution < -0.4 is 14.8 Å². The summed E-state index contributed by atoms with van der Waals surface area (Å²) < 4.78 is 11.2. The van der Waals surface area contributed by atoms with E-state index in [2.05, 4.69) is 24.1 Å². The second-order valence-electron chi connectivity index (χ2n) is 6.67. The van der Waals surface area contributed by atoms with Gasteiger partial charge in [0.05, 0.1) is 19.8 Å². The largest absolute Gasteiger partial charge is 0.493 e. The van der Waals surface area contributed by atoms with Crippen LogP contribution in [0.1, 0.15) is 60.1 Å². The zero-order valence-electron chi connectivity index (χ0n) is 15.9. The Morgan fingerprint density at radius 3 is 2.46 bits per heavy atom. The van der Waals surface area contributed by atoms with Gasteiger partial charge in [-0.1, -0.05) is 19.9 Å². The molecule has 1 aromatic carbocycles. The van der Waals surface area contributed by atoms with Gasteiger partial charge in [-0.25, -0.2) is 0 Å². The Morgan fingerprint density at radius 1 is 1.15 bits per heavy atom. The van der Waals surface area contributed by atoms with E-state index in [9.17, 15) is 9.59 Å². The van der Waals surface area contributed by atoms with Crippen LogP contribution in [0, 0.1) is 5.92 Å². The van der Waals surface area contributed by atoms with E-state index in [1.54, 1.807) is 13.2 Å². The molecule has 2 rings (SSSR count). The number of H-pyrrole nitrogens is 1. The number of methoxy groups -OCH3 is 1. The summed E-state index contributed by atoms with van der Waals surface area (Å²) in [4.78, 5) is 26.5. The first-order chi connectivity index (χ1) is 12.3. The highest BCUT2D eigenvalue weighted by Gasteiger charge is 2.16. The molecule has 26 heavy (non-hydrogen) atoms. The lowest BCUT2D eigenvalue weighted by atomic mass is 10.1. The van der Waals surface area contributed by atoms with Crippen LogP contribution in [0.5, 0.6) is 11.5 Å². The number of carbonyl (C=O) groups excluding carboxylic acids is 2. The van der Waals surface area contributed by atoms with Crippen LogP contribution in [0.3, 0.4) is 0 Å². The third-order valence-corrected chi connectivity index (χ3v) is 3.94. The molecule has 1 amide bonds. The zero-order chi connectivity index (χ0) is 19.3. The summed E-state index contributed by atoms with van der Waals surface area (Å²) in [5.41, 5.74) is 1.73. The van der Waals surface area contributed by atoms with Gasteiger partial charge < -0.3 is 19.8 Å². The first-order valence-electron chi connectivity index (χ1n) is 8.62. The molecule has 0 spiro atoms. The Bertz CT molecular complexity index is 780. The van der Waals surface area contributed by atoms with Crippen LogP contribution in [0.25, 0.3) is 0 Å².